The van der Waals surface area contributed by atoms with E-state index in [4.69, 9.17) is 0 Å². The molecular weight excluding hydrogens is 272 g/mol. The van der Waals surface area contributed by atoms with E-state index < -0.39 is 0 Å². The smallest absolute Gasteiger partial charge is 0.0296 e. The quantitative estimate of drug-likeness (QED) is 0.579. The summed E-state index contributed by atoms with van der Waals surface area (Å²) in [7, 11) is 0. The SMILES string of the molecule is C/C=c1/ccs/c1=C/C.C=C/C(C)=C\C=C/C.CC.CC. The van der Waals surface area contributed by atoms with Gasteiger partial charge in [0, 0.05) is 4.53 Å². The Kier molecular flexibility index (Phi) is 24.6. The predicted octanol–water partition coefficient (Wildman–Crippen LogP) is 6.10. The molecule has 1 rings (SSSR count). The molecule has 0 saturated carbocycles. The van der Waals surface area contributed by atoms with Gasteiger partial charge in [0.2, 0.25) is 0 Å². The van der Waals surface area contributed by atoms with E-state index in [1.807, 2.05) is 65.8 Å². The van der Waals surface area contributed by atoms with Crippen molar-refractivity contribution in [1.29, 1.82) is 0 Å². The molecule has 0 aromatic carbocycles. The molecule has 1 heteroatoms. The molecule has 0 saturated heterocycles. The van der Waals surface area contributed by atoms with Gasteiger partial charge in [-0.15, -0.1) is 11.3 Å². The van der Waals surface area contributed by atoms with Crippen LogP contribution in [0.25, 0.3) is 12.2 Å². The summed E-state index contributed by atoms with van der Waals surface area (Å²) in [5, 5.41) is 3.47. The van der Waals surface area contributed by atoms with E-state index in [0.717, 1.165) is 0 Å². The van der Waals surface area contributed by atoms with Crippen LogP contribution in [0.15, 0.2) is 47.9 Å². The molecule has 0 fully saturated rings. The average Bonchev–Trinajstić information content (AvgIpc) is 3.04. The fourth-order valence-corrected chi connectivity index (χ4v) is 1.94. The maximum absolute atomic E-state index is 3.61. The minimum atomic E-state index is 1.20. The van der Waals surface area contributed by atoms with Crippen molar-refractivity contribution in [1.82, 2.24) is 0 Å². The largest absolute Gasteiger partial charge is 0.144 e. The second kappa shape index (κ2) is 21.0. The topological polar surface area (TPSA) is 0 Å². The van der Waals surface area contributed by atoms with Crippen LogP contribution in [-0.2, 0) is 0 Å². The molecule has 0 amide bonds. The maximum atomic E-state index is 3.61. The van der Waals surface area contributed by atoms with Crippen LogP contribution in [-0.4, -0.2) is 0 Å². The van der Waals surface area contributed by atoms with Crippen LogP contribution in [0.4, 0.5) is 0 Å². The van der Waals surface area contributed by atoms with E-state index in [1.165, 1.54) is 15.3 Å². The first kappa shape index (κ1) is 24.7. The van der Waals surface area contributed by atoms with Crippen LogP contribution in [0, 0.1) is 0 Å². The van der Waals surface area contributed by atoms with Gasteiger partial charge in [-0.05, 0) is 44.4 Å². The van der Waals surface area contributed by atoms with Crippen molar-refractivity contribution in [2.24, 2.45) is 0 Å². The van der Waals surface area contributed by atoms with Crippen molar-refractivity contribution in [3.63, 3.8) is 0 Å². The van der Waals surface area contributed by atoms with E-state index in [0.29, 0.717) is 0 Å². The summed E-state index contributed by atoms with van der Waals surface area (Å²) >= 11 is 1.79. The Bertz CT molecular complexity index is 456. The van der Waals surface area contributed by atoms with Gasteiger partial charge in [0.15, 0.2) is 0 Å². The van der Waals surface area contributed by atoms with E-state index in [1.54, 1.807) is 11.3 Å². The minimum Gasteiger partial charge on any atom is -0.144 e. The third kappa shape index (κ3) is 14.9. The summed E-state index contributed by atoms with van der Waals surface area (Å²) in [6.07, 6.45) is 12.1. The van der Waals surface area contributed by atoms with Gasteiger partial charge in [-0.2, -0.15) is 0 Å². The lowest BCUT2D eigenvalue weighted by Gasteiger charge is -1.81. The molecular formula is C20H34S. The van der Waals surface area contributed by atoms with Gasteiger partial charge in [-0.25, -0.2) is 0 Å². The summed E-state index contributed by atoms with van der Waals surface area (Å²) in [6, 6.07) is 2.14. The van der Waals surface area contributed by atoms with E-state index >= 15 is 0 Å². The number of thiophene rings is 1. The van der Waals surface area contributed by atoms with E-state index in [-0.39, 0.29) is 0 Å². The van der Waals surface area contributed by atoms with Gasteiger partial charge < -0.3 is 0 Å². The van der Waals surface area contributed by atoms with Crippen LogP contribution in [0.3, 0.4) is 0 Å². The highest BCUT2D eigenvalue weighted by Crippen LogP contribution is 1.91. The highest BCUT2D eigenvalue weighted by Gasteiger charge is 1.79. The van der Waals surface area contributed by atoms with E-state index in [2.05, 4.69) is 44.0 Å². The first-order chi connectivity index (χ1) is 10.2. The molecule has 120 valence electrons. The van der Waals surface area contributed by atoms with Gasteiger partial charge >= 0.3 is 0 Å². The zero-order valence-electron chi connectivity index (χ0n) is 15.2. The predicted molar refractivity (Wildman–Crippen MR) is 105 cm³/mol. The number of hydrogen-bond donors (Lipinski definition) is 0. The molecule has 1 aromatic heterocycles. The minimum absolute atomic E-state index is 1.20. The Morgan fingerprint density at radius 3 is 1.95 bits per heavy atom. The second-order valence-corrected chi connectivity index (χ2v) is 4.41. The van der Waals surface area contributed by atoms with Gasteiger partial charge in [0.1, 0.15) is 0 Å². The van der Waals surface area contributed by atoms with Crippen LogP contribution < -0.4 is 9.75 Å². The summed E-state index contributed by atoms with van der Waals surface area (Å²) in [4.78, 5) is 0. The van der Waals surface area contributed by atoms with Crippen LogP contribution in [0.2, 0.25) is 0 Å². The monoisotopic (exact) mass is 306 g/mol. The Morgan fingerprint density at radius 2 is 1.62 bits per heavy atom. The molecule has 0 radical (unpaired) electrons. The van der Waals surface area contributed by atoms with E-state index in [9.17, 15) is 0 Å². The number of allylic oxidation sites excluding steroid dienone is 5. The molecule has 0 spiro atoms. The first-order valence-corrected chi connectivity index (χ1v) is 8.65. The third-order valence-electron chi connectivity index (χ3n) is 2.17. The molecule has 0 atom stereocenters. The Hall–Kier alpha value is -1.34. The lowest BCUT2D eigenvalue weighted by atomic mass is 10.3. The van der Waals surface area contributed by atoms with Crippen molar-refractivity contribution in [3.05, 3.63) is 57.7 Å². The molecule has 0 N–H and O–H groups in total. The summed E-state index contributed by atoms with van der Waals surface area (Å²) < 4.78 is 1.37. The Balaban J connectivity index is -0.000000251. The number of hydrogen-bond acceptors (Lipinski definition) is 1. The van der Waals surface area contributed by atoms with Gasteiger partial charge in [-0.3, -0.25) is 0 Å². The Labute approximate surface area is 136 Å². The van der Waals surface area contributed by atoms with Crippen molar-refractivity contribution in [3.8, 4) is 0 Å². The first-order valence-electron chi connectivity index (χ1n) is 7.77. The Morgan fingerprint density at radius 1 is 1.05 bits per heavy atom. The van der Waals surface area contributed by atoms with Crippen molar-refractivity contribution >= 4 is 23.5 Å². The van der Waals surface area contributed by atoms with Crippen LogP contribution in [0.5, 0.6) is 0 Å². The molecule has 0 aliphatic rings. The van der Waals surface area contributed by atoms with Gasteiger partial charge in [-0.1, -0.05) is 76.3 Å². The second-order valence-electron chi connectivity index (χ2n) is 3.46. The fourth-order valence-electron chi connectivity index (χ4n) is 1.12. The third-order valence-corrected chi connectivity index (χ3v) is 3.17. The van der Waals surface area contributed by atoms with Gasteiger partial charge in [0.05, 0.1) is 0 Å². The molecule has 0 unspecified atom stereocenters. The standard InChI is InChI=1S/C8H10S.C8H12.2C2H6/c1-3-7-5-6-9-8(7)4-2;1-4-6-7-8(3)5-2;2*1-2/h3-6H,1-2H3;4-7H,2H2,1,3H3;2*1-2H3/b7-3-,8-4+;6-4-,8-7-;;. The summed E-state index contributed by atoms with van der Waals surface area (Å²) in [5.41, 5.74) is 1.20. The average molecular weight is 307 g/mol. The van der Waals surface area contributed by atoms with Crippen LogP contribution >= 0.6 is 11.3 Å². The van der Waals surface area contributed by atoms with Gasteiger partial charge in [0.25, 0.3) is 0 Å². The maximum Gasteiger partial charge on any atom is 0.0296 e. The summed E-state index contributed by atoms with van der Waals surface area (Å²) in [5.74, 6) is 0. The molecule has 1 aromatic rings. The van der Waals surface area contributed by atoms with Crippen molar-refractivity contribution in [2.45, 2.75) is 55.4 Å². The lowest BCUT2D eigenvalue weighted by Crippen LogP contribution is -2.15. The van der Waals surface area contributed by atoms with Crippen molar-refractivity contribution in [2.75, 3.05) is 0 Å². The molecule has 0 nitrogen and oxygen atoms in total. The molecule has 21 heavy (non-hydrogen) atoms. The molecule has 0 aliphatic heterocycles. The zero-order chi connectivity index (χ0) is 17.1. The highest BCUT2D eigenvalue weighted by molar-refractivity contribution is 7.07. The fraction of sp³-hybridized carbons (Fsp3) is 0.400. The zero-order valence-corrected chi connectivity index (χ0v) is 16.1. The summed E-state index contributed by atoms with van der Waals surface area (Å²) in [6.45, 7) is 19.8. The molecule has 0 bridgehead atoms. The number of rotatable bonds is 2. The molecule has 1 heterocycles. The highest BCUT2D eigenvalue weighted by atomic mass is 32.1. The lowest BCUT2D eigenvalue weighted by molar-refractivity contribution is 1.50. The van der Waals surface area contributed by atoms with Crippen LogP contribution in [0.1, 0.15) is 55.4 Å². The normalized spacial score (nSPS) is 11.7. The van der Waals surface area contributed by atoms with Crippen molar-refractivity contribution < 1.29 is 0 Å². The molecule has 0 aliphatic carbocycles.